The molecule has 1 aliphatic heterocycles. The van der Waals surface area contributed by atoms with Crippen LogP contribution in [0.25, 0.3) is 0 Å². The van der Waals surface area contributed by atoms with Gasteiger partial charge in [0.15, 0.2) is 0 Å². The maximum absolute atomic E-state index is 11.8. The van der Waals surface area contributed by atoms with Crippen molar-refractivity contribution in [1.29, 1.82) is 0 Å². The van der Waals surface area contributed by atoms with E-state index in [9.17, 15) is 9.18 Å². The minimum absolute atomic E-state index is 0.179. The zero-order chi connectivity index (χ0) is 9.68. The summed E-state index contributed by atoms with van der Waals surface area (Å²) in [5, 5.41) is 8.72. The molecule has 0 spiro atoms. The van der Waals surface area contributed by atoms with E-state index in [1.54, 1.807) is 0 Å². The number of likely N-dealkylation sites (tertiary alicyclic amines) is 1. The Bertz CT molecular complexity index is 167. The van der Waals surface area contributed by atoms with Crippen molar-refractivity contribution in [2.75, 3.05) is 26.3 Å². The fourth-order valence-corrected chi connectivity index (χ4v) is 1.69. The first-order valence-electron chi connectivity index (χ1n) is 4.75. The molecule has 0 amide bonds. The van der Waals surface area contributed by atoms with Gasteiger partial charge in [-0.15, -0.1) is 0 Å². The van der Waals surface area contributed by atoms with Gasteiger partial charge in [0.25, 0.3) is 0 Å². The lowest BCUT2D eigenvalue weighted by Gasteiger charge is -2.29. The second kappa shape index (κ2) is 5.17. The highest BCUT2D eigenvalue weighted by Crippen LogP contribution is 2.17. The van der Waals surface area contributed by atoms with E-state index in [0.717, 1.165) is 19.6 Å². The van der Waals surface area contributed by atoms with Crippen LogP contribution in [0.15, 0.2) is 0 Å². The zero-order valence-corrected chi connectivity index (χ0v) is 7.71. The third-order valence-corrected chi connectivity index (χ3v) is 2.54. The molecule has 3 nitrogen and oxygen atoms in total. The van der Waals surface area contributed by atoms with Crippen LogP contribution in [0.1, 0.15) is 19.3 Å². The van der Waals surface area contributed by atoms with Crippen LogP contribution in [0.3, 0.4) is 0 Å². The Morgan fingerprint density at radius 2 is 2.08 bits per heavy atom. The number of hydrogen-bond donors (Lipinski definition) is 1. The maximum Gasteiger partial charge on any atom is 0.306 e. The predicted octanol–water partition coefficient (Wildman–Crippen LogP) is 1.14. The van der Waals surface area contributed by atoms with E-state index < -0.39 is 5.97 Å². The van der Waals surface area contributed by atoms with Crippen LogP contribution >= 0.6 is 0 Å². The molecule has 0 bridgehead atoms. The average Bonchev–Trinajstić information content (AvgIpc) is 2.15. The molecule has 0 atom stereocenters. The van der Waals surface area contributed by atoms with Crippen molar-refractivity contribution >= 4 is 5.97 Å². The number of carboxylic acids is 1. The predicted molar refractivity (Wildman–Crippen MR) is 47.4 cm³/mol. The molecule has 4 heteroatoms. The summed E-state index contributed by atoms with van der Waals surface area (Å²) in [6, 6.07) is 0. The Kier molecular flexibility index (Phi) is 4.15. The minimum atomic E-state index is -0.690. The molecule has 0 aromatic carbocycles. The van der Waals surface area contributed by atoms with E-state index in [1.807, 2.05) is 0 Å². The van der Waals surface area contributed by atoms with Crippen molar-refractivity contribution in [3.05, 3.63) is 0 Å². The van der Waals surface area contributed by atoms with Crippen LogP contribution in [0.2, 0.25) is 0 Å². The number of piperidine rings is 1. The molecule has 1 fully saturated rings. The van der Waals surface area contributed by atoms with E-state index in [2.05, 4.69) is 4.90 Å². The molecule has 0 radical (unpaired) electrons. The van der Waals surface area contributed by atoms with E-state index in [-0.39, 0.29) is 12.6 Å². The molecular formula is C9H16FNO2. The highest BCUT2D eigenvalue weighted by atomic mass is 19.1. The van der Waals surface area contributed by atoms with Gasteiger partial charge in [0.1, 0.15) is 0 Å². The topological polar surface area (TPSA) is 40.5 Å². The third kappa shape index (κ3) is 3.30. The number of aliphatic carboxylic acids is 1. The molecule has 0 aliphatic carbocycles. The van der Waals surface area contributed by atoms with E-state index in [1.165, 1.54) is 0 Å². The fraction of sp³-hybridized carbons (Fsp3) is 0.889. The van der Waals surface area contributed by atoms with Crippen molar-refractivity contribution in [3.8, 4) is 0 Å². The smallest absolute Gasteiger partial charge is 0.306 e. The fourth-order valence-electron chi connectivity index (χ4n) is 1.69. The van der Waals surface area contributed by atoms with E-state index in [4.69, 9.17) is 5.11 Å². The molecule has 76 valence electrons. The van der Waals surface area contributed by atoms with Crippen LogP contribution in [-0.2, 0) is 4.79 Å². The first-order chi connectivity index (χ1) is 6.24. The van der Waals surface area contributed by atoms with Gasteiger partial charge in [-0.05, 0) is 32.4 Å². The molecular weight excluding hydrogens is 173 g/mol. The van der Waals surface area contributed by atoms with Crippen molar-refractivity contribution in [2.45, 2.75) is 19.3 Å². The monoisotopic (exact) mass is 189 g/mol. The van der Waals surface area contributed by atoms with Crippen LogP contribution < -0.4 is 0 Å². The lowest BCUT2D eigenvalue weighted by molar-refractivity contribution is -0.143. The summed E-state index contributed by atoms with van der Waals surface area (Å²) >= 11 is 0. The molecule has 13 heavy (non-hydrogen) atoms. The Balaban J connectivity index is 2.18. The van der Waals surface area contributed by atoms with Gasteiger partial charge in [0.2, 0.25) is 0 Å². The van der Waals surface area contributed by atoms with Crippen molar-refractivity contribution in [1.82, 2.24) is 4.90 Å². The highest BCUT2D eigenvalue weighted by Gasteiger charge is 2.23. The molecule has 1 aliphatic rings. The van der Waals surface area contributed by atoms with Crippen molar-refractivity contribution in [3.63, 3.8) is 0 Å². The number of nitrogens with zero attached hydrogens (tertiary/aromatic N) is 1. The van der Waals surface area contributed by atoms with Crippen molar-refractivity contribution in [2.24, 2.45) is 5.92 Å². The van der Waals surface area contributed by atoms with E-state index in [0.29, 0.717) is 19.3 Å². The number of carboxylic acid groups (broad SMARTS) is 1. The lowest BCUT2D eigenvalue weighted by Crippen LogP contribution is -2.36. The summed E-state index contributed by atoms with van der Waals surface area (Å²) in [6.45, 7) is 2.09. The van der Waals surface area contributed by atoms with Gasteiger partial charge in [-0.3, -0.25) is 9.18 Å². The molecule has 0 aromatic heterocycles. The Hall–Kier alpha value is -0.640. The largest absolute Gasteiger partial charge is 0.481 e. The van der Waals surface area contributed by atoms with Gasteiger partial charge in [0.05, 0.1) is 12.6 Å². The summed E-state index contributed by atoms with van der Waals surface area (Å²) in [7, 11) is 0. The van der Waals surface area contributed by atoms with Gasteiger partial charge in [-0.1, -0.05) is 0 Å². The number of hydrogen-bond acceptors (Lipinski definition) is 2. The van der Waals surface area contributed by atoms with Crippen LogP contribution in [0, 0.1) is 5.92 Å². The average molecular weight is 189 g/mol. The third-order valence-electron chi connectivity index (χ3n) is 2.54. The van der Waals surface area contributed by atoms with Gasteiger partial charge in [0, 0.05) is 6.54 Å². The number of halogens is 1. The van der Waals surface area contributed by atoms with Crippen LogP contribution in [0.5, 0.6) is 0 Å². The summed E-state index contributed by atoms with van der Waals surface area (Å²) in [5.41, 5.74) is 0. The number of rotatable bonds is 4. The quantitative estimate of drug-likeness (QED) is 0.721. The lowest BCUT2D eigenvalue weighted by atomic mass is 9.97. The van der Waals surface area contributed by atoms with Gasteiger partial charge >= 0.3 is 5.97 Å². The molecule has 1 saturated heterocycles. The van der Waals surface area contributed by atoms with E-state index >= 15 is 0 Å². The molecule has 1 heterocycles. The number of carbonyl (C=O) groups is 1. The van der Waals surface area contributed by atoms with Crippen LogP contribution in [-0.4, -0.2) is 42.3 Å². The summed E-state index contributed by atoms with van der Waals surface area (Å²) in [4.78, 5) is 12.7. The first-order valence-corrected chi connectivity index (χ1v) is 4.75. The molecule has 0 aromatic rings. The Morgan fingerprint density at radius 1 is 1.46 bits per heavy atom. The summed E-state index contributed by atoms with van der Waals surface area (Å²) in [6.07, 6.45) is 1.99. The second-order valence-electron chi connectivity index (χ2n) is 3.50. The number of alkyl halides is 1. The highest BCUT2D eigenvalue weighted by molar-refractivity contribution is 5.70. The Morgan fingerprint density at radius 3 is 2.54 bits per heavy atom. The molecule has 0 unspecified atom stereocenters. The second-order valence-corrected chi connectivity index (χ2v) is 3.50. The molecule has 1 rings (SSSR count). The molecule has 0 saturated carbocycles. The Labute approximate surface area is 77.5 Å². The van der Waals surface area contributed by atoms with Gasteiger partial charge in [-0.2, -0.15) is 0 Å². The van der Waals surface area contributed by atoms with Gasteiger partial charge < -0.3 is 10.0 Å². The normalized spacial score (nSPS) is 20.4. The maximum atomic E-state index is 11.8. The summed E-state index contributed by atoms with van der Waals surface area (Å²) < 4.78 is 11.8. The minimum Gasteiger partial charge on any atom is -0.481 e. The van der Waals surface area contributed by atoms with Crippen LogP contribution in [0.4, 0.5) is 4.39 Å². The van der Waals surface area contributed by atoms with Crippen molar-refractivity contribution < 1.29 is 14.3 Å². The van der Waals surface area contributed by atoms with Gasteiger partial charge in [-0.25, -0.2) is 0 Å². The standard InChI is InChI=1S/C9H16FNO2/c10-4-1-5-11-6-2-8(3-7-11)9(12)13/h8H,1-7H2,(H,12,13). The molecule has 1 N–H and O–H groups in total. The first kappa shape index (κ1) is 10.4. The zero-order valence-electron chi connectivity index (χ0n) is 7.71. The summed E-state index contributed by atoms with van der Waals surface area (Å²) in [5.74, 6) is -0.869. The SMILES string of the molecule is O=C(O)C1CCN(CCCF)CC1.